The molecule has 0 spiro atoms. The van der Waals surface area contributed by atoms with Crippen LogP contribution in [0.4, 0.5) is 13.6 Å². The van der Waals surface area contributed by atoms with Gasteiger partial charge in [-0.3, -0.25) is 9.59 Å². The third-order valence-corrected chi connectivity index (χ3v) is 5.36. The lowest BCUT2D eigenvalue weighted by Crippen LogP contribution is -2.56. The molecule has 0 saturated carbocycles. The van der Waals surface area contributed by atoms with Crippen LogP contribution in [0.1, 0.15) is 76.8 Å². The van der Waals surface area contributed by atoms with Gasteiger partial charge in [-0.15, -0.1) is 0 Å². The van der Waals surface area contributed by atoms with E-state index in [1.807, 2.05) is 20.8 Å². The van der Waals surface area contributed by atoms with Crippen molar-refractivity contribution >= 4 is 17.7 Å². The Kier molecular flexibility index (Phi) is 9.48. The van der Waals surface area contributed by atoms with E-state index in [1.165, 1.54) is 4.90 Å². The summed E-state index contributed by atoms with van der Waals surface area (Å²) in [6.45, 7) is 10.0. The summed E-state index contributed by atoms with van der Waals surface area (Å²) in [6.07, 6.45) is -0.940. The number of halogens is 2. The number of morpholine rings is 1. The monoisotopic (exact) mass is 487 g/mol. The fourth-order valence-corrected chi connectivity index (χ4v) is 3.39. The smallest absolute Gasteiger partial charge is 0.318 e. The van der Waals surface area contributed by atoms with Crippen LogP contribution in [0.2, 0.25) is 0 Å². The van der Waals surface area contributed by atoms with Crippen molar-refractivity contribution in [3.05, 3.63) is 11.7 Å². The number of hydrogen-bond acceptors (Lipinski definition) is 7. The minimum Gasteiger partial charge on any atom is -0.378 e. The number of rotatable bonds is 10. The van der Waals surface area contributed by atoms with E-state index in [2.05, 4.69) is 20.8 Å². The number of nitrogens with zero attached hydrogens (tertiary/aromatic N) is 3. The summed E-state index contributed by atoms with van der Waals surface area (Å²) in [4.78, 5) is 44.0. The van der Waals surface area contributed by atoms with Gasteiger partial charge in [0.15, 0.2) is 0 Å². The molecular weight excluding hydrogens is 452 g/mol. The van der Waals surface area contributed by atoms with E-state index in [0.29, 0.717) is 13.2 Å². The van der Waals surface area contributed by atoms with Crippen LogP contribution in [0.15, 0.2) is 4.52 Å². The fourth-order valence-electron chi connectivity index (χ4n) is 3.39. The van der Waals surface area contributed by atoms with Crippen molar-refractivity contribution in [2.24, 2.45) is 0 Å². The molecule has 0 unspecified atom stereocenters. The lowest BCUT2D eigenvalue weighted by molar-refractivity contribution is -0.126. The van der Waals surface area contributed by atoms with Crippen LogP contribution in [-0.2, 0) is 14.9 Å². The molecule has 34 heavy (non-hydrogen) atoms. The maximum absolute atomic E-state index is 14.4. The SMILES string of the molecule is CCCC(F)(F)C[C@H](NC(=O)N1CCOCC1)C(=O)N[C@@H](CC)C(=O)c1noc(C(C)(C)C)n1. The van der Waals surface area contributed by atoms with Gasteiger partial charge in [-0.05, 0) is 6.42 Å². The molecule has 1 fully saturated rings. The number of urea groups is 1. The zero-order chi connectivity index (χ0) is 25.5. The van der Waals surface area contributed by atoms with Crippen LogP contribution in [0.3, 0.4) is 0 Å². The van der Waals surface area contributed by atoms with Gasteiger partial charge < -0.3 is 24.8 Å². The largest absolute Gasteiger partial charge is 0.378 e. The number of hydrogen-bond donors (Lipinski definition) is 2. The molecule has 10 nitrogen and oxygen atoms in total. The van der Waals surface area contributed by atoms with E-state index >= 15 is 0 Å². The fraction of sp³-hybridized carbons (Fsp3) is 0.773. The van der Waals surface area contributed by atoms with Gasteiger partial charge in [0.25, 0.3) is 5.92 Å². The normalized spacial score (nSPS) is 16.6. The molecule has 192 valence electrons. The van der Waals surface area contributed by atoms with Crippen LogP contribution in [0.25, 0.3) is 0 Å². The molecule has 2 N–H and O–H groups in total. The number of carbonyl (C=O) groups excluding carboxylic acids is 3. The molecule has 1 saturated heterocycles. The zero-order valence-electron chi connectivity index (χ0n) is 20.5. The average molecular weight is 488 g/mol. The molecule has 2 rings (SSSR count). The molecule has 12 heteroatoms. The summed E-state index contributed by atoms with van der Waals surface area (Å²) in [5.74, 6) is -4.60. The Morgan fingerprint density at radius 3 is 2.26 bits per heavy atom. The lowest BCUT2D eigenvalue weighted by Gasteiger charge is -2.30. The van der Waals surface area contributed by atoms with E-state index in [-0.39, 0.29) is 37.6 Å². The van der Waals surface area contributed by atoms with Crippen LogP contribution in [0.5, 0.6) is 0 Å². The number of alkyl halides is 2. The Morgan fingerprint density at radius 2 is 1.74 bits per heavy atom. The van der Waals surface area contributed by atoms with Gasteiger partial charge in [0.1, 0.15) is 6.04 Å². The Labute approximate surface area is 198 Å². The van der Waals surface area contributed by atoms with Crippen LogP contribution < -0.4 is 10.6 Å². The molecular formula is C22H35F2N5O5. The summed E-state index contributed by atoms with van der Waals surface area (Å²) in [5.41, 5.74) is -0.476. The van der Waals surface area contributed by atoms with Crippen LogP contribution in [-0.4, -0.2) is 77.1 Å². The molecule has 1 aliphatic heterocycles. The van der Waals surface area contributed by atoms with Gasteiger partial charge in [0.2, 0.25) is 23.4 Å². The van der Waals surface area contributed by atoms with Crippen molar-refractivity contribution in [2.45, 2.75) is 83.7 Å². The molecule has 2 heterocycles. The molecule has 1 aromatic heterocycles. The highest BCUT2D eigenvalue weighted by atomic mass is 19.3. The first kappa shape index (κ1) is 27.6. The lowest BCUT2D eigenvalue weighted by atomic mass is 9.97. The van der Waals surface area contributed by atoms with Gasteiger partial charge in [0, 0.05) is 31.3 Å². The van der Waals surface area contributed by atoms with Crippen molar-refractivity contribution in [1.29, 1.82) is 0 Å². The standard InChI is InChI=1S/C22H35F2N5O5/c1-6-8-22(23,24)13-15(26-20(32)29-9-11-33-12-10-29)18(31)25-14(7-2)16(30)17-27-19(34-28-17)21(3,4)5/h14-15H,6-13H2,1-5H3,(H,25,31)(H,26,32)/t14-,15-/m0/s1. The summed E-state index contributed by atoms with van der Waals surface area (Å²) in [7, 11) is 0. The number of Topliss-reactive ketones (excluding diaryl/α,β-unsaturated/α-hetero) is 1. The second-order valence-corrected chi connectivity index (χ2v) is 9.42. The molecule has 2 atom stereocenters. The van der Waals surface area contributed by atoms with Crippen LogP contribution >= 0.6 is 0 Å². The van der Waals surface area contributed by atoms with Gasteiger partial charge >= 0.3 is 6.03 Å². The maximum atomic E-state index is 14.4. The van der Waals surface area contributed by atoms with Crippen molar-refractivity contribution in [3.8, 4) is 0 Å². The highest BCUT2D eigenvalue weighted by Gasteiger charge is 2.38. The van der Waals surface area contributed by atoms with Crippen molar-refractivity contribution < 1.29 is 32.4 Å². The summed E-state index contributed by atoms with van der Waals surface area (Å²) in [6, 6.07) is -3.24. The highest BCUT2D eigenvalue weighted by Crippen LogP contribution is 2.26. The van der Waals surface area contributed by atoms with E-state index in [9.17, 15) is 23.2 Å². The minimum atomic E-state index is -3.17. The van der Waals surface area contributed by atoms with Crippen molar-refractivity contribution in [2.75, 3.05) is 26.3 Å². The molecule has 3 amide bonds. The average Bonchev–Trinajstić information content (AvgIpc) is 3.27. The maximum Gasteiger partial charge on any atom is 0.318 e. The van der Waals surface area contributed by atoms with Gasteiger partial charge in [-0.25, -0.2) is 13.6 Å². The number of nitrogens with one attached hydrogen (secondary N) is 2. The summed E-state index contributed by atoms with van der Waals surface area (Å²) in [5, 5.41) is 8.60. The second kappa shape index (κ2) is 11.7. The molecule has 0 aliphatic carbocycles. The van der Waals surface area contributed by atoms with Crippen LogP contribution in [0, 0.1) is 0 Å². The summed E-state index contributed by atoms with van der Waals surface area (Å²) >= 11 is 0. The number of carbonyl (C=O) groups is 3. The first-order valence-corrected chi connectivity index (χ1v) is 11.6. The molecule has 1 aromatic rings. The zero-order valence-corrected chi connectivity index (χ0v) is 20.5. The van der Waals surface area contributed by atoms with Gasteiger partial charge in [0.05, 0.1) is 19.3 Å². The van der Waals surface area contributed by atoms with Crippen molar-refractivity contribution in [1.82, 2.24) is 25.7 Å². The third-order valence-electron chi connectivity index (χ3n) is 5.36. The number of aromatic nitrogens is 2. The third kappa shape index (κ3) is 7.71. The molecule has 0 aromatic carbocycles. The second-order valence-electron chi connectivity index (χ2n) is 9.42. The topological polar surface area (TPSA) is 127 Å². The van der Waals surface area contributed by atoms with E-state index < -0.39 is 54.0 Å². The Morgan fingerprint density at radius 1 is 1.09 bits per heavy atom. The van der Waals surface area contributed by atoms with E-state index in [1.54, 1.807) is 13.8 Å². The van der Waals surface area contributed by atoms with E-state index in [0.717, 1.165) is 0 Å². The van der Waals surface area contributed by atoms with Gasteiger partial charge in [-0.1, -0.05) is 46.2 Å². The highest BCUT2D eigenvalue weighted by molar-refractivity contribution is 6.00. The first-order chi connectivity index (χ1) is 15.9. The van der Waals surface area contributed by atoms with E-state index in [4.69, 9.17) is 9.26 Å². The Hall–Kier alpha value is -2.63. The Balaban J connectivity index is 2.16. The quantitative estimate of drug-likeness (QED) is 0.486. The first-order valence-electron chi connectivity index (χ1n) is 11.6. The van der Waals surface area contributed by atoms with Crippen molar-refractivity contribution in [3.63, 3.8) is 0 Å². The van der Waals surface area contributed by atoms with Gasteiger partial charge in [-0.2, -0.15) is 4.98 Å². The Bertz CT molecular complexity index is 849. The minimum absolute atomic E-state index is 0.166. The molecule has 1 aliphatic rings. The predicted molar refractivity (Wildman–Crippen MR) is 119 cm³/mol. The molecule has 0 bridgehead atoms. The number of ketones is 1. The molecule has 0 radical (unpaired) electrons. The summed E-state index contributed by atoms with van der Waals surface area (Å²) < 4.78 is 39.2. The number of amides is 3. The number of ether oxygens (including phenoxy) is 1. The predicted octanol–water partition coefficient (Wildman–Crippen LogP) is 2.68.